The minimum atomic E-state index is 0.277. The lowest BCUT2D eigenvalue weighted by Gasteiger charge is -2.25. The van der Waals surface area contributed by atoms with Crippen molar-refractivity contribution in [2.45, 2.75) is 51.5 Å². The predicted octanol–water partition coefficient (Wildman–Crippen LogP) is 4.09. The van der Waals surface area contributed by atoms with E-state index in [0.717, 1.165) is 43.2 Å². The maximum absolute atomic E-state index is 5.93. The number of pyridine rings is 1. The first kappa shape index (κ1) is 16.3. The van der Waals surface area contributed by atoms with E-state index in [1.807, 2.05) is 19.2 Å². The third kappa shape index (κ3) is 3.75. The zero-order chi connectivity index (χ0) is 17.1. The molecule has 2 aromatic rings. The maximum atomic E-state index is 5.93. The summed E-state index contributed by atoms with van der Waals surface area (Å²) >= 11 is 0. The van der Waals surface area contributed by atoms with E-state index in [-0.39, 0.29) is 6.04 Å². The summed E-state index contributed by atoms with van der Waals surface area (Å²) in [4.78, 5) is 16.1. The van der Waals surface area contributed by atoms with Crippen molar-refractivity contribution in [2.24, 2.45) is 5.92 Å². The van der Waals surface area contributed by atoms with Gasteiger partial charge in [-0.05, 0) is 50.7 Å². The average Bonchev–Trinajstić information content (AvgIpc) is 3.32. The number of nitrogens with zero attached hydrogens (tertiary/aromatic N) is 4. The molecule has 132 valence electrons. The van der Waals surface area contributed by atoms with Gasteiger partial charge in [-0.1, -0.05) is 18.9 Å². The Hall–Kier alpha value is -2.17. The van der Waals surface area contributed by atoms with Crippen LogP contribution in [0.15, 0.2) is 30.6 Å². The molecule has 1 unspecified atom stereocenters. The van der Waals surface area contributed by atoms with Crippen molar-refractivity contribution in [1.82, 2.24) is 15.0 Å². The van der Waals surface area contributed by atoms with Crippen LogP contribution in [0.3, 0.4) is 0 Å². The first-order chi connectivity index (χ1) is 12.3. The Morgan fingerprint density at radius 2 is 1.96 bits per heavy atom. The van der Waals surface area contributed by atoms with Crippen molar-refractivity contribution in [3.63, 3.8) is 0 Å². The highest BCUT2D eigenvalue weighted by atomic mass is 16.5. The molecule has 1 atom stereocenters. The van der Waals surface area contributed by atoms with E-state index in [1.165, 1.54) is 25.7 Å². The summed E-state index contributed by atoms with van der Waals surface area (Å²) in [6.07, 6.45) is 11.0. The SMILES string of the molecule is Cc1cccc(C2CCCN2c2cncc(OCC3CCCC3)n2)n1. The maximum Gasteiger partial charge on any atom is 0.234 e. The third-order valence-corrected chi connectivity index (χ3v) is 5.34. The van der Waals surface area contributed by atoms with Gasteiger partial charge in [0.1, 0.15) is 0 Å². The quantitative estimate of drug-likeness (QED) is 0.822. The normalized spacial score (nSPS) is 21.0. The minimum Gasteiger partial charge on any atom is -0.476 e. The second-order valence-electron chi connectivity index (χ2n) is 7.23. The molecule has 4 rings (SSSR count). The molecule has 2 aromatic heterocycles. The van der Waals surface area contributed by atoms with Crippen molar-refractivity contribution in [3.8, 4) is 5.88 Å². The molecule has 1 saturated carbocycles. The highest BCUT2D eigenvalue weighted by Gasteiger charge is 2.28. The van der Waals surface area contributed by atoms with Gasteiger partial charge in [0.05, 0.1) is 30.7 Å². The molecule has 1 aliphatic carbocycles. The van der Waals surface area contributed by atoms with Crippen LogP contribution in [-0.2, 0) is 0 Å². The standard InChI is InChI=1S/C20H26N4O/c1-15-6-4-9-17(22-15)18-10-5-11-24(18)19-12-21-13-20(23-19)25-14-16-7-2-3-8-16/h4,6,9,12-13,16,18H,2-3,5,7-8,10-11,14H2,1H3. The molecule has 2 fully saturated rings. The van der Waals surface area contributed by atoms with Crippen molar-refractivity contribution in [1.29, 1.82) is 0 Å². The lowest BCUT2D eigenvalue weighted by Crippen LogP contribution is -2.24. The number of aryl methyl sites for hydroxylation is 1. The molecule has 2 aliphatic rings. The Morgan fingerprint density at radius 3 is 2.80 bits per heavy atom. The molecule has 3 heterocycles. The highest BCUT2D eigenvalue weighted by molar-refractivity contribution is 5.42. The molecule has 0 N–H and O–H groups in total. The smallest absolute Gasteiger partial charge is 0.234 e. The molecular formula is C20H26N4O. The summed E-state index contributed by atoms with van der Waals surface area (Å²) in [5.41, 5.74) is 2.18. The van der Waals surface area contributed by atoms with Crippen molar-refractivity contribution < 1.29 is 4.74 Å². The van der Waals surface area contributed by atoms with Crippen LogP contribution in [0.25, 0.3) is 0 Å². The Bertz CT molecular complexity index is 714. The van der Waals surface area contributed by atoms with Crippen molar-refractivity contribution >= 4 is 5.82 Å². The fourth-order valence-corrected chi connectivity index (χ4v) is 4.02. The zero-order valence-corrected chi connectivity index (χ0v) is 14.9. The second-order valence-corrected chi connectivity index (χ2v) is 7.23. The Kier molecular flexibility index (Phi) is 4.81. The topological polar surface area (TPSA) is 51.1 Å². The average molecular weight is 338 g/mol. The summed E-state index contributed by atoms with van der Waals surface area (Å²) in [6.45, 7) is 3.79. The van der Waals surface area contributed by atoms with E-state index < -0.39 is 0 Å². The number of hydrogen-bond acceptors (Lipinski definition) is 5. The molecule has 5 nitrogen and oxygen atoms in total. The van der Waals surface area contributed by atoms with Crippen LogP contribution in [0.5, 0.6) is 5.88 Å². The van der Waals surface area contributed by atoms with Crippen molar-refractivity contribution in [2.75, 3.05) is 18.1 Å². The minimum absolute atomic E-state index is 0.277. The summed E-state index contributed by atoms with van der Waals surface area (Å²) in [5.74, 6) is 2.23. The summed E-state index contributed by atoms with van der Waals surface area (Å²) in [7, 11) is 0. The van der Waals surface area contributed by atoms with Crippen LogP contribution < -0.4 is 9.64 Å². The van der Waals surface area contributed by atoms with Crippen LogP contribution >= 0.6 is 0 Å². The van der Waals surface area contributed by atoms with Gasteiger partial charge in [0.25, 0.3) is 0 Å². The molecular weight excluding hydrogens is 312 g/mol. The van der Waals surface area contributed by atoms with E-state index in [0.29, 0.717) is 11.8 Å². The second kappa shape index (κ2) is 7.38. The van der Waals surface area contributed by atoms with Gasteiger partial charge in [0.2, 0.25) is 5.88 Å². The molecule has 1 aliphatic heterocycles. The van der Waals surface area contributed by atoms with E-state index >= 15 is 0 Å². The molecule has 1 saturated heterocycles. The van der Waals surface area contributed by atoms with Crippen LogP contribution in [0.2, 0.25) is 0 Å². The van der Waals surface area contributed by atoms with Gasteiger partial charge in [-0.2, -0.15) is 4.98 Å². The van der Waals surface area contributed by atoms with Crippen LogP contribution in [0.4, 0.5) is 5.82 Å². The lowest BCUT2D eigenvalue weighted by atomic mass is 10.1. The molecule has 0 radical (unpaired) electrons. The molecule has 0 spiro atoms. The third-order valence-electron chi connectivity index (χ3n) is 5.34. The molecule has 5 heteroatoms. The van der Waals surface area contributed by atoms with Gasteiger partial charge in [-0.3, -0.25) is 9.97 Å². The molecule has 25 heavy (non-hydrogen) atoms. The Balaban J connectivity index is 1.49. The number of aromatic nitrogens is 3. The van der Waals surface area contributed by atoms with Crippen LogP contribution in [-0.4, -0.2) is 28.1 Å². The largest absolute Gasteiger partial charge is 0.476 e. The van der Waals surface area contributed by atoms with Gasteiger partial charge in [0.15, 0.2) is 5.82 Å². The fourth-order valence-electron chi connectivity index (χ4n) is 4.02. The van der Waals surface area contributed by atoms with E-state index in [4.69, 9.17) is 14.7 Å². The summed E-state index contributed by atoms with van der Waals surface area (Å²) < 4.78 is 5.93. The number of ether oxygens (including phenoxy) is 1. The number of hydrogen-bond donors (Lipinski definition) is 0. The Labute approximate surface area is 149 Å². The first-order valence-electron chi connectivity index (χ1n) is 9.44. The summed E-state index contributed by atoms with van der Waals surface area (Å²) in [5, 5.41) is 0. The number of anilines is 1. The predicted molar refractivity (Wildman–Crippen MR) is 97.8 cm³/mol. The van der Waals surface area contributed by atoms with Gasteiger partial charge < -0.3 is 9.64 Å². The zero-order valence-electron chi connectivity index (χ0n) is 14.9. The molecule has 0 bridgehead atoms. The Morgan fingerprint density at radius 1 is 1.08 bits per heavy atom. The van der Waals surface area contributed by atoms with E-state index in [2.05, 4.69) is 22.0 Å². The van der Waals surface area contributed by atoms with E-state index in [1.54, 1.807) is 6.20 Å². The van der Waals surface area contributed by atoms with Crippen LogP contribution in [0.1, 0.15) is 56.0 Å². The van der Waals surface area contributed by atoms with Gasteiger partial charge >= 0.3 is 0 Å². The van der Waals surface area contributed by atoms with Gasteiger partial charge in [-0.15, -0.1) is 0 Å². The lowest BCUT2D eigenvalue weighted by molar-refractivity contribution is 0.242. The molecule has 0 amide bonds. The monoisotopic (exact) mass is 338 g/mol. The van der Waals surface area contributed by atoms with Gasteiger partial charge in [-0.25, -0.2) is 0 Å². The van der Waals surface area contributed by atoms with Gasteiger partial charge in [0, 0.05) is 12.2 Å². The highest BCUT2D eigenvalue weighted by Crippen LogP contribution is 2.34. The number of rotatable bonds is 5. The summed E-state index contributed by atoms with van der Waals surface area (Å²) in [6, 6.07) is 6.52. The fraction of sp³-hybridized carbons (Fsp3) is 0.550. The first-order valence-corrected chi connectivity index (χ1v) is 9.44. The van der Waals surface area contributed by atoms with Crippen LogP contribution in [0, 0.1) is 12.8 Å². The van der Waals surface area contributed by atoms with E-state index in [9.17, 15) is 0 Å². The van der Waals surface area contributed by atoms with Crippen molar-refractivity contribution in [3.05, 3.63) is 42.0 Å². The molecule has 0 aromatic carbocycles.